The Morgan fingerprint density at radius 3 is 2.62 bits per heavy atom. The number of aromatic nitrogens is 3. The zero-order chi connectivity index (χ0) is 19.3. The lowest BCUT2D eigenvalue weighted by Gasteiger charge is -2.12. The normalized spacial score (nSPS) is 19.5. The van der Waals surface area contributed by atoms with Crippen molar-refractivity contribution in [3.05, 3.63) is 18.5 Å². The van der Waals surface area contributed by atoms with E-state index in [0.29, 0.717) is 11.5 Å². The van der Waals surface area contributed by atoms with E-state index in [1.807, 2.05) is 0 Å². The van der Waals surface area contributed by atoms with E-state index >= 15 is 0 Å². The first-order valence-corrected chi connectivity index (χ1v) is 7.58. The molecule has 0 aromatic carbocycles. The van der Waals surface area contributed by atoms with Crippen LogP contribution in [0.15, 0.2) is 18.5 Å². The molecule has 0 spiro atoms. The minimum atomic E-state index is -5.08. The maximum Gasteiger partial charge on any atom is 0.490 e. The number of rotatable bonds is 2. The molecule has 2 atom stereocenters. The van der Waals surface area contributed by atoms with Gasteiger partial charge in [-0.1, -0.05) is 0 Å². The minimum absolute atomic E-state index is 0.152. The van der Waals surface area contributed by atoms with E-state index < -0.39 is 12.1 Å². The number of carbonyl (C=O) groups excluding carboxylic acids is 1. The third-order valence-corrected chi connectivity index (χ3v) is 3.55. The molecule has 2 amide bonds. The Balaban J connectivity index is 0.000000298. The molecular weight excluding hydrogens is 357 g/mol. The SMILES string of the molecule is NC1CCC(NC(=O)Nc2cnc3[nH]ccc3n2)C1.O=C(O)C(F)(F)F. The van der Waals surface area contributed by atoms with Crippen molar-refractivity contribution >= 4 is 29.0 Å². The van der Waals surface area contributed by atoms with Crippen LogP contribution in [-0.2, 0) is 4.79 Å². The van der Waals surface area contributed by atoms with E-state index in [2.05, 4.69) is 25.6 Å². The number of carbonyl (C=O) groups is 2. The first-order chi connectivity index (χ1) is 12.1. The molecule has 0 radical (unpaired) electrons. The van der Waals surface area contributed by atoms with E-state index in [0.717, 1.165) is 24.8 Å². The van der Waals surface area contributed by atoms with Gasteiger partial charge >= 0.3 is 18.2 Å². The summed E-state index contributed by atoms with van der Waals surface area (Å²) in [5.41, 5.74) is 7.23. The highest BCUT2D eigenvalue weighted by Gasteiger charge is 2.38. The van der Waals surface area contributed by atoms with Crippen molar-refractivity contribution in [1.29, 1.82) is 0 Å². The molecular formula is C14H17F3N6O3. The molecule has 0 saturated heterocycles. The number of H-pyrrole nitrogens is 1. The van der Waals surface area contributed by atoms with Crippen molar-refractivity contribution in [2.24, 2.45) is 5.73 Å². The summed E-state index contributed by atoms with van der Waals surface area (Å²) in [6, 6.07) is 1.89. The summed E-state index contributed by atoms with van der Waals surface area (Å²) in [4.78, 5) is 32.1. The number of urea groups is 1. The molecule has 6 N–H and O–H groups in total. The Hall–Kier alpha value is -2.89. The summed E-state index contributed by atoms with van der Waals surface area (Å²) in [7, 11) is 0. The number of carboxylic acids is 1. The lowest BCUT2D eigenvalue weighted by Crippen LogP contribution is -2.37. The monoisotopic (exact) mass is 374 g/mol. The molecule has 2 heterocycles. The van der Waals surface area contributed by atoms with E-state index in [4.69, 9.17) is 15.6 Å². The molecule has 1 fully saturated rings. The van der Waals surface area contributed by atoms with Crippen LogP contribution in [0.5, 0.6) is 0 Å². The highest BCUT2D eigenvalue weighted by atomic mass is 19.4. The molecule has 3 rings (SSSR count). The number of carboxylic acid groups (broad SMARTS) is 1. The van der Waals surface area contributed by atoms with Crippen LogP contribution >= 0.6 is 0 Å². The Kier molecular flexibility index (Phi) is 5.97. The Morgan fingerprint density at radius 2 is 2.04 bits per heavy atom. The number of fused-ring (bicyclic) bond motifs is 1. The van der Waals surface area contributed by atoms with Crippen molar-refractivity contribution in [2.45, 2.75) is 37.5 Å². The van der Waals surface area contributed by atoms with Gasteiger partial charge in [0.2, 0.25) is 0 Å². The fourth-order valence-corrected chi connectivity index (χ4v) is 2.38. The van der Waals surface area contributed by atoms with Crippen LogP contribution in [0.4, 0.5) is 23.8 Å². The van der Waals surface area contributed by atoms with E-state index in [1.165, 1.54) is 6.20 Å². The van der Waals surface area contributed by atoms with Crippen LogP contribution in [0.25, 0.3) is 11.2 Å². The first kappa shape index (κ1) is 19.4. The standard InChI is InChI=1S/C12H16N6O.C2HF3O2/c13-7-1-2-8(5-7)16-12(19)18-10-6-15-11-9(17-10)3-4-14-11;3-2(4,5)1(6)7/h3-4,6-8H,1-2,5,13H2,(H,14,15)(H2,16,17,18,19);(H,6,7). The van der Waals surface area contributed by atoms with Gasteiger partial charge in [0.1, 0.15) is 5.52 Å². The van der Waals surface area contributed by atoms with Gasteiger partial charge in [0.05, 0.1) is 6.20 Å². The quantitative estimate of drug-likeness (QED) is 0.539. The number of aromatic amines is 1. The van der Waals surface area contributed by atoms with Gasteiger partial charge in [-0.2, -0.15) is 13.2 Å². The fraction of sp³-hybridized carbons (Fsp3) is 0.429. The molecule has 2 aromatic rings. The lowest BCUT2D eigenvalue weighted by molar-refractivity contribution is -0.192. The number of nitrogens with two attached hydrogens (primary N) is 1. The number of amides is 2. The van der Waals surface area contributed by atoms with Gasteiger partial charge in [0.15, 0.2) is 11.5 Å². The number of alkyl halides is 3. The Morgan fingerprint density at radius 1 is 1.35 bits per heavy atom. The molecule has 142 valence electrons. The second-order valence-corrected chi connectivity index (χ2v) is 5.64. The molecule has 1 aliphatic carbocycles. The number of halogens is 3. The molecule has 26 heavy (non-hydrogen) atoms. The van der Waals surface area contributed by atoms with E-state index in [9.17, 15) is 18.0 Å². The van der Waals surface area contributed by atoms with Crippen LogP contribution in [0.1, 0.15) is 19.3 Å². The van der Waals surface area contributed by atoms with Crippen LogP contribution in [0, 0.1) is 0 Å². The highest BCUT2D eigenvalue weighted by Crippen LogP contribution is 2.17. The maximum atomic E-state index is 11.8. The fourth-order valence-electron chi connectivity index (χ4n) is 2.38. The van der Waals surface area contributed by atoms with Gasteiger partial charge in [-0.15, -0.1) is 0 Å². The molecule has 1 saturated carbocycles. The zero-order valence-electron chi connectivity index (χ0n) is 13.4. The van der Waals surface area contributed by atoms with Gasteiger partial charge in [-0.25, -0.2) is 19.6 Å². The third-order valence-electron chi connectivity index (χ3n) is 3.55. The van der Waals surface area contributed by atoms with Crippen LogP contribution in [-0.4, -0.2) is 50.3 Å². The van der Waals surface area contributed by atoms with E-state index in [-0.39, 0.29) is 18.1 Å². The molecule has 2 unspecified atom stereocenters. The summed E-state index contributed by atoms with van der Waals surface area (Å²) < 4.78 is 31.7. The average molecular weight is 374 g/mol. The summed E-state index contributed by atoms with van der Waals surface area (Å²) in [6.45, 7) is 0. The van der Waals surface area contributed by atoms with Gasteiger partial charge in [0, 0.05) is 18.3 Å². The van der Waals surface area contributed by atoms with Crippen molar-refractivity contribution in [1.82, 2.24) is 20.3 Å². The molecule has 0 bridgehead atoms. The number of nitrogens with zero attached hydrogens (tertiary/aromatic N) is 2. The van der Waals surface area contributed by atoms with Crippen LogP contribution < -0.4 is 16.4 Å². The number of hydrogen-bond acceptors (Lipinski definition) is 5. The number of aliphatic carboxylic acids is 1. The molecule has 9 nitrogen and oxygen atoms in total. The maximum absolute atomic E-state index is 11.8. The Labute approximate surface area is 145 Å². The third kappa shape index (κ3) is 5.58. The van der Waals surface area contributed by atoms with Gasteiger partial charge in [-0.3, -0.25) is 5.32 Å². The first-order valence-electron chi connectivity index (χ1n) is 7.58. The lowest BCUT2D eigenvalue weighted by atomic mass is 10.2. The number of anilines is 1. The number of hydrogen-bond donors (Lipinski definition) is 5. The van der Waals surface area contributed by atoms with Gasteiger partial charge in [-0.05, 0) is 25.3 Å². The largest absolute Gasteiger partial charge is 0.490 e. The van der Waals surface area contributed by atoms with Gasteiger partial charge in [0.25, 0.3) is 0 Å². The molecule has 12 heteroatoms. The van der Waals surface area contributed by atoms with Gasteiger partial charge < -0.3 is 21.1 Å². The molecule has 2 aromatic heterocycles. The van der Waals surface area contributed by atoms with Crippen molar-refractivity contribution < 1.29 is 27.9 Å². The summed E-state index contributed by atoms with van der Waals surface area (Å²) in [5.74, 6) is -2.32. The van der Waals surface area contributed by atoms with Crippen LogP contribution in [0.2, 0.25) is 0 Å². The van der Waals surface area contributed by atoms with Crippen molar-refractivity contribution in [3.63, 3.8) is 0 Å². The smallest absolute Gasteiger partial charge is 0.475 e. The summed E-state index contributed by atoms with van der Waals surface area (Å²) in [6.07, 6.45) is 0.917. The minimum Gasteiger partial charge on any atom is -0.475 e. The summed E-state index contributed by atoms with van der Waals surface area (Å²) in [5, 5.41) is 12.7. The molecule has 0 aliphatic heterocycles. The molecule has 1 aliphatic rings. The average Bonchev–Trinajstić information content (AvgIpc) is 3.15. The predicted molar refractivity (Wildman–Crippen MR) is 85.3 cm³/mol. The highest BCUT2D eigenvalue weighted by molar-refractivity contribution is 5.89. The second-order valence-electron chi connectivity index (χ2n) is 5.64. The number of nitrogens with one attached hydrogen (secondary N) is 3. The van der Waals surface area contributed by atoms with Crippen molar-refractivity contribution in [3.8, 4) is 0 Å². The van der Waals surface area contributed by atoms with E-state index in [1.54, 1.807) is 12.3 Å². The Bertz CT molecular complexity index is 779. The topological polar surface area (TPSA) is 146 Å². The second kappa shape index (κ2) is 7.99. The summed E-state index contributed by atoms with van der Waals surface area (Å²) >= 11 is 0. The van der Waals surface area contributed by atoms with Crippen molar-refractivity contribution in [2.75, 3.05) is 5.32 Å². The zero-order valence-corrected chi connectivity index (χ0v) is 13.4. The predicted octanol–water partition coefficient (Wildman–Crippen LogP) is 1.59. The van der Waals surface area contributed by atoms with Crippen LogP contribution in [0.3, 0.4) is 0 Å².